The molecule has 1 aromatic heterocycles. The van der Waals surface area contributed by atoms with Crippen molar-refractivity contribution in [2.24, 2.45) is 0 Å². The smallest absolute Gasteiger partial charge is 0.349 e. The molecular formula is C19H19F4N3O3S. The molecule has 0 radical (unpaired) electrons. The number of carbonyl (C=O) groups excluding carboxylic acids is 1. The maximum atomic E-state index is 15.3. The maximum absolute atomic E-state index is 15.3. The molecule has 0 bridgehead atoms. The Balaban J connectivity index is 1.64. The molecule has 0 unspecified atom stereocenters. The number of carbonyl (C=O) groups is 1. The number of alkyl halides is 4. The average molecular weight is 445 g/mol. The Morgan fingerprint density at radius 2 is 1.77 bits per heavy atom. The van der Waals surface area contributed by atoms with E-state index in [9.17, 15) is 26.4 Å². The van der Waals surface area contributed by atoms with Gasteiger partial charge in [-0.2, -0.15) is 13.2 Å². The molecule has 0 spiro atoms. The highest BCUT2D eigenvalue weighted by Crippen LogP contribution is 2.40. The number of hydrogen-bond acceptors (Lipinski definition) is 5. The Morgan fingerprint density at radius 3 is 2.30 bits per heavy atom. The third-order valence-electron chi connectivity index (χ3n) is 5.02. The molecule has 1 aromatic carbocycles. The molecule has 1 amide bonds. The molecule has 0 saturated heterocycles. The minimum absolute atomic E-state index is 0.0643. The summed E-state index contributed by atoms with van der Waals surface area (Å²) in [6.45, 7) is 1.71. The minimum atomic E-state index is -4.72. The van der Waals surface area contributed by atoms with Crippen LogP contribution in [0.15, 0.2) is 41.6 Å². The first-order chi connectivity index (χ1) is 13.9. The van der Waals surface area contributed by atoms with Gasteiger partial charge < -0.3 is 5.32 Å². The zero-order chi connectivity index (χ0) is 22.2. The molecule has 1 heterocycles. The van der Waals surface area contributed by atoms with Gasteiger partial charge in [0.2, 0.25) is 20.7 Å². The third kappa shape index (κ3) is 4.45. The molecular weight excluding hydrogens is 426 g/mol. The summed E-state index contributed by atoms with van der Waals surface area (Å²) in [5.74, 6) is -2.07. The number of amides is 1. The van der Waals surface area contributed by atoms with Crippen LogP contribution in [0.25, 0.3) is 0 Å². The van der Waals surface area contributed by atoms with Crippen LogP contribution in [0.4, 0.5) is 17.6 Å². The number of nitrogens with one attached hydrogen (secondary N) is 1. The van der Waals surface area contributed by atoms with E-state index >= 15 is 4.39 Å². The van der Waals surface area contributed by atoms with Crippen molar-refractivity contribution in [3.63, 3.8) is 0 Å². The lowest BCUT2D eigenvalue weighted by molar-refractivity contribution is -0.145. The highest BCUT2D eigenvalue weighted by Gasteiger charge is 2.48. The summed E-state index contributed by atoms with van der Waals surface area (Å²) in [5.41, 5.74) is 0.520. The molecule has 11 heteroatoms. The Labute approximate surface area is 170 Å². The number of benzene rings is 1. The third-order valence-corrected chi connectivity index (χ3v) is 7.26. The minimum Gasteiger partial charge on any atom is -0.349 e. The average Bonchev–Trinajstić information content (AvgIpc) is 2.69. The lowest BCUT2D eigenvalue weighted by atomic mass is 9.93. The van der Waals surface area contributed by atoms with Crippen LogP contribution >= 0.6 is 0 Å². The van der Waals surface area contributed by atoms with Crippen molar-refractivity contribution < 1.29 is 30.8 Å². The summed E-state index contributed by atoms with van der Waals surface area (Å²) in [6.07, 6.45) is -3.68. The number of rotatable bonds is 4. The van der Waals surface area contributed by atoms with Gasteiger partial charge in [-0.1, -0.05) is 12.1 Å². The summed E-state index contributed by atoms with van der Waals surface area (Å²) in [5, 5.41) is 0.125. The summed E-state index contributed by atoms with van der Waals surface area (Å²) in [4.78, 5) is 18.4. The first-order valence-electron chi connectivity index (χ1n) is 9.13. The van der Waals surface area contributed by atoms with Crippen LogP contribution in [-0.4, -0.2) is 35.3 Å². The quantitative estimate of drug-likeness (QED) is 0.727. The van der Waals surface area contributed by atoms with Crippen LogP contribution in [0, 0.1) is 6.92 Å². The van der Waals surface area contributed by atoms with Gasteiger partial charge in [0.05, 0.1) is 10.5 Å². The second-order valence-electron chi connectivity index (χ2n) is 7.24. The molecule has 2 aromatic rings. The van der Waals surface area contributed by atoms with Crippen molar-refractivity contribution in [3.8, 4) is 0 Å². The largest absolute Gasteiger partial charge is 0.451 e. The maximum Gasteiger partial charge on any atom is 0.451 e. The monoisotopic (exact) mass is 445 g/mol. The first-order valence-corrected chi connectivity index (χ1v) is 10.6. The van der Waals surface area contributed by atoms with E-state index in [4.69, 9.17) is 0 Å². The van der Waals surface area contributed by atoms with Crippen molar-refractivity contribution in [1.82, 2.24) is 15.3 Å². The van der Waals surface area contributed by atoms with E-state index < -0.39 is 38.8 Å². The van der Waals surface area contributed by atoms with Gasteiger partial charge in [-0.15, -0.1) is 0 Å². The normalized spacial score (nSPS) is 22.5. The van der Waals surface area contributed by atoms with Crippen LogP contribution in [0.2, 0.25) is 0 Å². The zero-order valence-electron chi connectivity index (χ0n) is 15.9. The van der Waals surface area contributed by atoms with Gasteiger partial charge in [-0.05, 0) is 50.3 Å². The van der Waals surface area contributed by atoms with Crippen molar-refractivity contribution in [3.05, 3.63) is 53.6 Å². The lowest BCUT2D eigenvalue weighted by Crippen LogP contribution is -2.45. The molecule has 6 nitrogen and oxygen atoms in total. The highest BCUT2D eigenvalue weighted by molar-refractivity contribution is 7.92. The highest BCUT2D eigenvalue weighted by atomic mass is 32.2. The van der Waals surface area contributed by atoms with Crippen molar-refractivity contribution in [2.75, 3.05) is 0 Å². The van der Waals surface area contributed by atoms with Gasteiger partial charge >= 0.3 is 6.18 Å². The van der Waals surface area contributed by atoms with Crippen LogP contribution in [0.1, 0.15) is 47.4 Å². The summed E-state index contributed by atoms with van der Waals surface area (Å²) in [6, 6.07) is 5.50. The molecule has 1 aliphatic rings. The van der Waals surface area contributed by atoms with E-state index in [1.165, 1.54) is 12.1 Å². The van der Waals surface area contributed by atoms with Crippen LogP contribution in [0.5, 0.6) is 0 Å². The Hall–Kier alpha value is -2.56. The van der Waals surface area contributed by atoms with Gasteiger partial charge in [-0.3, -0.25) is 4.79 Å². The van der Waals surface area contributed by atoms with E-state index in [0.29, 0.717) is 5.56 Å². The zero-order valence-corrected chi connectivity index (χ0v) is 16.7. The molecule has 0 atom stereocenters. The number of halogens is 4. The lowest BCUT2D eigenvalue weighted by Gasteiger charge is -2.33. The SMILES string of the molecule is Cc1cccc(S(=O)(=O)C2(F)CCC(NC(=O)c3cnc(C(F)(F)F)nc3)CC2)c1. The number of nitrogens with zero attached hydrogens (tertiary/aromatic N) is 2. The number of hydrogen-bond donors (Lipinski definition) is 1. The van der Waals surface area contributed by atoms with Gasteiger partial charge in [0.25, 0.3) is 5.91 Å². The number of sulfone groups is 1. The van der Waals surface area contributed by atoms with Crippen molar-refractivity contribution in [2.45, 2.75) is 54.7 Å². The Kier molecular flexibility index (Phi) is 5.85. The second-order valence-corrected chi connectivity index (χ2v) is 9.45. The Morgan fingerprint density at radius 1 is 1.17 bits per heavy atom. The molecule has 1 aliphatic carbocycles. The molecule has 1 N–H and O–H groups in total. The van der Waals surface area contributed by atoms with Crippen molar-refractivity contribution in [1.29, 1.82) is 0 Å². The fourth-order valence-electron chi connectivity index (χ4n) is 3.32. The Bertz CT molecular complexity index is 1030. The summed E-state index contributed by atoms with van der Waals surface area (Å²) in [7, 11) is -4.21. The fourth-order valence-corrected chi connectivity index (χ4v) is 5.11. The van der Waals surface area contributed by atoms with E-state index in [0.717, 1.165) is 12.4 Å². The molecule has 162 valence electrons. The van der Waals surface area contributed by atoms with E-state index in [1.807, 2.05) is 0 Å². The molecule has 1 saturated carbocycles. The first kappa shape index (κ1) is 22.1. The van der Waals surface area contributed by atoms with Gasteiger partial charge in [0.1, 0.15) is 0 Å². The second kappa shape index (κ2) is 7.93. The predicted molar refractivity (Wildman–Crippen MR) is 99.0 cm³/mol. The van der Waals surface area contributed by atoms with Crippen LogP contribution < -0.4 is 5.32 Å². The summed E-state index contributed by atoms with van der Waals surface area (Å²) < 4.78 is 78.3. The molecule has 30 heavy (non-hydrogen) atoms. The van der Waals surface area contributed by atoms with Crippen LogP contribution in [-0.2, 0) is 16.0 Å². The molecule has 1 fully saturated rings. The number of aromatic nitrogens is 2. The summed E-state index contributed by atoms with van der Waals surface area (Å²) >= 11 is 0. The van der Waals surface area contributed by atoms with Crippen molar-refractivity contribution >= 4 is 15.7 Å². The van der Waals surface area contributed by atoms with Gasteiger partial charge in [0.15, 0.2) is 0 Å². The van der Waals surface area contributed by atoms with Crippen LogP contribution in [0.3, 0.4) is 0 Å². The molecule has 0 aliphatic heterocycles. The van der Waals surface area contributed by atoms with Gasteiger partial charge in [-0.25, -0.2) is 22.8 Å². The van der Waals surface area contributed by atoms with E-state index in [1.54, 1.807) is 19.1 Å². The standard InChI is InChI=1S/C19H19F4N3O3S/c1-12-3-2-4-15(9-12)30(28,29)18(20)7-5-14(6-8-18)26-16(27)13-10-24-17(25-11-13)19(21,22)23/h2-4,9-11,14H,5-8H2,1H3,(H,26,27). The van der Waals surface area contributed by atoms with Gasteiger partial charge in [0, 0.05) is 18.4 Å². The number of aryl methyl sites for hydroxylation is 1. The fraction of sp³-hybridized carbons (Fsp3) is 0.421. The topological polar surface area (TPSA) is 89.0 Å². The predicted octanol–water partition coefficient (Wildman–Crippen LogP) is 3.62. The molecule has 3 rings (SSSR count). The van der Waals surface area contributed by atoms with E-state index in [-0.39, 0.29) is 36.1 Å². The van der Waals surface area contributed by atoms with E-state index in [2.05, 4.69) is 15.3 Å².